The second kappa shape index (κ2) is 7.40. The number of pyridine rings is 1. The Kier molecular flexibility index (Phi) is 5.20. The lowest BCUT2D eigenvalue weighted by molar-refractivity contribution is 0.0210. The number of fused-ring (bicyclic) bond motifs is 1. The predicted molar refractivity (Wildman–Crippen MR) is 103 cm³/mol. The van der Waals surface area contributed by atoms with Crippen LogP contribution in [0.3, 0.4) is 0 Å². The molecule has 1 aliphatic heterocycles. The summed E-state index contributed by atoms with van der Waals surface area (Å²) in [5, 5.41) is 4.58. The van der Waals surface area contributed by atoms with E-state index in [2.05, 4.69) is 16.4 Å². The quantitative estimate of drug-likeness (QED) is 0.898. The number of ether oxygens (including phenoxy) is 2. The number of amides is 1. The minimum absolute atomic E-state index is 0.226. The lowest BCUT2D eigenvalue weighted by atomic mass is 10.0. The summed E-state index contributed by atoms with van der Waals surface area (Å²) in [4.78, 5) is 18.4. The molecule has 0 unspecified atom stereocenters. The van der Waals surface area contributed by atoms with Gasteiger partial charge in [0, 0.05) is 24.5 Å². The van der Waals surface area contributed by atoms with Crippen LogP contribution >= 0.6 is 0 Å². The fourth-order valence-electron chi connectivity index (χ4n) is 3.08. The van der Waals surface area contributed by atoms with Gasteiger partial charge in [0.15, 0.2) is 0 Å². The summed E-state index contributed by atoms with van der Waals surface area (Å²) in [6.45, 7) is 7.06. The molecule has 140 valence electrons. The van der Waals surface area contributed by atoms with Gasteiger partial charge in [-0.1, -0.05) is 0 Å². The number of likely N-dealkylation sites (tertiary alicyclic amines) is 1. The van der Waals surface area contributed by atoms with Gasteiger partial charge in [-0.15, -0.1) is 0 Å². The highest BCUT2D eigenvalue weighted by atomic mass is 16.6. The number of carbonyl (C=O) groups is 1. The van der Waals surface area contributed by atoms with E-state index < -0.39 is 5.60 Å². The molecular formula is C20H27N3O3. The number of piperidine rings is 1. The fraction of sp³-hybridized carbons (Fsp3) is 0.500. The highest BCUT2D eigenvalue weighted by molar-refractivity contribution is 5.83. The molecule has 3 rings (SSSR count). The molecule has 2 aromatic rings. The van der Waals surface area contributed by atoms with E-state index in [-0.39, 0.29) is 6.09 Å². The predicted octanol–water partition coefficient (Wildman–Crippen LogP) is 4.05. The van der Waals surface area contributed by atoms with Crippen LogP contribution in [0.2, 0.25) is 0 Å². The number of nitrogens with zero attached hydrogens (tertiary/aromatic N) is 2. The van der Waals surface area contributed by atoms with Gasteiger partial charge in [-0.3, -0.25) is 4.98 Å². The molecule has 0 atom stereocenters. The van der Waals surface area contributed by atoms with Gasteiger partial charge in [0.25, 0.3) is 0 Å². The number of benzene rings is 1. The first-order chi connectivity index (χ1) is 12.3. The van der Waals surface area contributed by atoms with Crippen molar-refractivity contribution in [3.05, 3.63) is 30.5 Å². The summed E-state index contributed by atoms with van der Waals surface area (Å²) < 4.78 is 10.7. The van der Waals surface area contributed by atoms with Crippen LogP contribution in [-0.4, -0.2) is 47.8 Å². The van der Waals surface area contributed by atoms with E-state index in [0.29, 0.717) is 19.1 Å². The van der Waals surface area contributed by atoms with Crippen molar-refractivity contribution in [2.45, 2.75) is 45.3 Å². The fourth-order valence-corrected chi connectivity index (χ4v) is 3.08. The maximum Gasteiger partial charge on any atom is 0.410 e. The van der Waals surface area contributed by atoms with Gasteiger partial charge in [-0.2, -0.15) is 0 Å². The lowest BCUT2D eigenvalue weighted by Gasteiger charge is -2.34. The Morgan fingerprint density at radius 3 is 2.62 bits per heavy atom. The highest BCUT2D eigenvalue weighted by Crippen LogP contribution is 2.24. The summed E-state index contributed by atoms with van der Waals surface area (Å²) in [7, 11) is 1.66. The van der Waals surface area contributed by atoms with Crippen molar-refractivity contribution in [3.63, 3.8) is 0 Å². The van der Waals surface area contributed by atoms with Crippen molar-refractivity contribution in [2.24, 2.45) is 0 Å². The van der Waals surface area contributed by atoms with Crippen molar-refractivity contribution in [2.75, 3.05) is 25.5 Å². The SMILES string of the molecule is COc1ccc2ncc(NC3CCN(C(=O)OC(C)(C)C)CC3)cc2c1. The molecule has 1 amide bonds. The van der Waals surface area contributed by atoms with Gasteiger partial charge in [0.2, 0.25) is 0 Å². The molecule has 0 radical (unpaired) electrons. The van der Waals surface area contributed by atoms with E-state index >= 15 is 0 Å². The van der Waals surface area contributed by atoms with Crippen molar-refractivity contribution in [1.29, 1.82) is 0 Å². The Balaban J connectivity index is 1.59. The van der Waals surface area contributed by atoms with Gasteiger partial charge in [-0.25, -0.2) is 4.79 Å². The topological polar surface area (TPSA) is 63.7 Å². The molecule has 1 fully saturated rings. The van der Waals surface area contributed by atoms with Crippen LogP contribution in [0.5, 0.6) is 5.75 Å². The molecule has 0 saturated carbocycles. The third kappa shape index (κ3) is 4.56. The average Bonchev–Trinajstić information content (AvgIpc) is 2.60. The number of nitrogens with one attached hydrogen (secondary N) is 1. The molecule has 1 saturated heterocycles. The highest BCUT2D eigenvalue weighted by Gasteiger charge is 2.26. The Hall–Kier alpha value is -2.50. The molecule has 6 nitrogen and oxygen atoms in total. The zero-order chi connectivity index (χ0) is 18.7. The Labute approximate surface area is 154 Å². The summed E-state index contributed by atoms with van der Waals surface area (Å²) in [6.07, 6.45) is 3.40. The van der Waals surface area contributed by atoms with Crippen LogP contribution in [0.15, 0.2) is 30.5 Å². The normalized spacial score (nSPS) is 15.8. The monoisotopic (exact) mass is 357 g/mol. The smallest absolute Gasteiger partial charge is 0.410 e. The Morgan fingerprint density at radius 2 is 1.96 bits per heavy atom. The van der Waals surface area contributed by atoms with Gasteiger partial charge >= 0.3 is 6.09 Å². The summed E-state index contributed by atoms with van der Waals surface area (Å²) in [6, 6.07) is 8.26. The molecule has 0 aliphatic carbocycles. The van der Waals surface area contributed by atoms with Crippen molar-refractivity contribution in [1.82, 2.24) is 9.88 Å². The summed E-state index contributed by atoms with van der Waals surface area (Å²) >= 11 is 0. The second-order valence-electron chi connectivity index (χ2n) is 7.67. The minimum atomic E-state index is -0.454. The van der Waals surface area contributed by atoms with Crippen molar-refractivity contribution >= 4 is 22.7 Å². The Morgan fingerprint density at radius 1 is 1.23 bits per heavy atom. The molecule has 26 heavy (non-hydrogen) atoms. The van der Waals surface area contributed by atoms with Crippen molar-refractivity contribution < 1.29 is 14.3 Å². The maximum absolute atomic E-state index is 12.1. The summed E-state index contributed by atoms with van der Waals surface area (Å²) in [5.41, 5.74) is 1.47. The third-order valence-corrected chi connectivity index (χ3v) is 4.41. The lowest BCUT2D eigenvalue weighted by Crippen LogP contribution is -2.44. The third-order valence-electron chi connectivity index (χ3n) is 4.41. The van der Waals surface area contributed by atoms with Gasteiger partial charge in [-0.05, 0) is 57.9 Å². The average molecular weight is 357 g/mol. The van der Waals surface area contributed by atoms with Crippen molar-refractivity contribution in [3.8, 4) is 5.75 Å². The van der Waals surface area contributed by atoms with Crippen LogP contribution in [0.4, 0.5) is 10.5 Å². The van der Waals surface area contributed by atoms with Crippen LogP contribution in [-0.2, 0) is 4.74 Å². The molecule has 1 aliphatic rings. The van der Waals surface area contributed by atoms with E-state index in [1.165, 1.54) is 0 Å². The zero-order valence-electron chi connectivity index (χ0n) is 15.9. The number of aromatic nitrogens is 1. The zero-order valence-corrected chi connectivity index (χ0v) is 15.9. The molecule has 2 heterocycles. The van der Waals surface area contributed by atoms with Gasteiger partial charge in [0.05, 0.1) is 24.5 Å². The largest absolute Gasteiger partial charge is 0.497 e. The van der Waals surface area contributed by atoms with Crippen LogP contribution in [0.1, 0.15) is 33.6 Å². The van der Waals surface area contributed by atoms with E-state index in [4.69, 9.17) is 9.47 Å². The number of hydrogen-bond donors (Lipinski definition) is 1. The molecule has 6 heteroatoms. The maximum atomic E-state index is 12.1. The molecule has 0 bridgehead atoms. The minimum Gasteiger partial charge on any atom is -0.497 e. The number of anilines is 1. The van der Waals surface area contributed by atoms with Crippen LogP contribution < -0.4 is 10.1 Å². The van der Waals surface area contributed by atoms with E-state index in [1.807, 2.05) is 45.2 Å². The molecule has 0 spiro atoms. The molecule has 1 aromatic heterocycles. The molecular weight excluding hydrogens is 330 g/mol. The number of rotatable bonds is 3. The van der Waals surface area contributed by atoms with E-state index in [0.717, 1.165) is 35.2 Å². The second-order valence-corrected chi connectivity index (χ2v) is 7.67. The number of carbonyl (C=O) groups excluding carboxylic acids is 1. The Bertz CT molecular complexity index is 777. The molecule has 1 aromatic carbocycles. The van der Waals surface area contributed by atoms with Gasteiger partial charge in [0.1, 0.15) is 11.4 Å². The van der Waals surface area contributed by atoms with Crippen LogP contribution in [0.25, 0.3) is 10.9 Å². The number of methoxy groups -OCH3 is 1. The van der Waals surface area contributed by atoms with Gasteiger partial charge < -0.3 is 19.7 Å². The van der Waals surface area contributed by atoms with E-state index in [1.54, 1.807) is 12.0 Å². The van der Waals surface area contributed by atoms with E-state index in [9.17, 15) is 4.79 Å². The first-order valence-electron chi connectivity index (χ1n) is 9.02. The first kappa shape index (κ1) is 18.3. The first-order valence-corrected chi connectivity index (χ1v) is 9.02. The van der Waals surface area contributed by atoms with Crippen LogP contribution in [0, 0.1) is 0 Å². The standard InChI is InChI=1S/C20H27N3O3/c1-20(2,3)26-19(24)23-9-7-15(8-10-23)22-16-11-14-12-17(25-4)5-6-18(14)21-13-16/h5-6,11-13,15,22H,7-10H2,1-4H3. The summed E-state index contributed by atoms with van der Waals surface area (Å²) in [5.74, 6) is 0.821. The molecule has 1 N–H and O–H groups in total. The number of hydrogen-bond acceptors (Lipinski definition) is 5.